The maximum Gasteiger partial charge on any atom is 0.257 e. The van der Waals surface area contributed by atoms with Gasteiger partial charge in [-0.15, -0.1) is 0 Å². The molecule has 36 heavy (non-hydrogen) atoms. The van der Waals surface area contributed by atoms with Gasteiger partial charge in [0.1, 0.15) is 17.5 Å². The van der Waals surface area contributed by atoms with E-state index in [1.807, 2.05) is 30.3 Å². The van der Waals surface area contributed by atoms with Gasteiger partial charge in [0, 0.05) is 61.1 Å². The number of benzene rings is 1. The lowest BCUT2D eigenvalue weighted by atomic mass is 10.1. The molecule has 4 aromatic rings. The first-order chi connectivity index (χ1) is 17.4. The predicted octanol–water partition coefficient (Wildman–Crippen LogP) is 3.91. The number of aromatic nitrogens is 4. The number of carbonyl (C=O) groups excluding carboxylic acids is 1. The largest absolute Gasteiger partial charge is 0.367 e. The lowest BCUT2D eigenvalue weighted by molar-refractivity contribution is 0.102. The quantitative estimate of drug-likeness (QED) is 0.427. The van der Waals surface area contributed by atoms with Crippen molar-refractivity contribution in [2.24, 2.45) is 0 Å². The van der Waals surface area contributed by atoms with Gasteiger partial charge in [-0.3, -0.25) is 9.78 Å². The minimum atomic E-state index is -0.214. The lowest BCUT2D eigenvalue weighted by Crippen LogP contribution is -2.44. The van der Waals surface area contributed by atoms with Crippen LogP contribution in [0.15, 0.2) is 61.2 Å². The van der Waals surface area contributed by atoms with Crippen LogP contribution in [-0.4, -0.2) is 70.0 Å². The number of nitrogens with one attached hydrogen (secondary N) is 2. The van der Waals surface area contributed by atoms with Gasteiger partial charge in [0.2, 0.25) is 0 Å². The fourth-order valence-electron chi connectivity index (χ4n) is 4.20. The van der Waals surface area contributed by atoms with Gasteiger partial charge in [0.25, 0.3) is 5.91 Å². The van der Waals surface area contributed by atoms with E-state index in [2.05, 4.69) is 61.3 Å². The zero-order valence-corrected chi connectivity index (χ0v) is 20.8. The standard InChI is InChI=1S/C27H30N8O/c1-18(2)31-25-17-28-16-23(32-25)19-4-5-21-15-30-24(13-22(21)12-19)33-27(36)20-6-7-29-26(14-20)35-10-8-34(3)9-11-35/h4-7,12-18H,8-11H2,1-3H3,(H,31,32)(H,30,33,36). The maximum atomic E-state index is 13.0. The Morgan fingerprint density at radius 2 is 1.75 bits per heavy atom. The van der Waals surface area contributed by atoms with Crippen molar-refractivity contribution in [2.75, 3.05) is 48.8 Å². The summed E-state index contributed by atoms with van der Waals surface area (Å²) in [6.45, 7) is 7.86. The Hall–Kier alpha value is -4.11. The minimum absolute atomic E-state index is 0.214. The van der Waals surface area contributed by atoms with Crippen LogP contribution in [0.2, 0.25) is 0 Å². The van der Waals surface area contributed by atoms with Crippen molar-refractivity contribution in [1.29, 1.82) is 0 Å². The van der Waals surface area contributed by atoms with E-state index in [4.69, 9.17) is 0 Å². The summed E-state index contributed by atoms with van der Waals surface area (Å²) < 4.78 is 0. The van der Waals surface area contributed by atoms with Gasteiger partial charge in [0.05, 0.1) is 18.1 Å². The summed E-state index contributed by atoms with van der Waals surface area (Å²) in [7, 11) is 2.11. The minimum Gasteiger partial charge on any atom is -0.367 e. The molecule has 2 N–H and O–H groups in total. The Morgan fingerprint density at radius 3 is 2.56 bits per heavy atom. The highest BCUT2D eigenvalue weighted by Gasteiger charge is 2.17. The summed E-state index contributed by atoms with van der Waals surface area (Å²) >= 11 is 0. The molecule has 0 bridgehead atoms. The van der Waals surface area contributed by atoms with Crippen LogP contribution in [0.4, 0.5) is 17.5 Å². The topological polar surface area (TPSA) is 99.2 Å². The van der Waals surface area contributed by atoms with E-state index in [-0.39, 0.29) is 11.9 Å². The van der Waals surface area contributed by atoms with Gasteiger partial charge in [-0.25, -0.2) is 15.0 Å². The highest BCUT2D eigenvalue weighted by atomic mass is 16.1. The molecular formula is C27H30N8O. The molecule has 0 aliphatic carbocycles. The Kier molecular flexibility index (Phi) is 6.73. The molecule has 0 radical (unpaired) electrons. The average molecular weight is 483 g/mol. The van der Waals surface area contributed by atoms with Crippen molar-refractivity contribution in [1.82, 2.24) is 24.8 Å². The summed E-state index contributed by atoms with van der Waals surface area (Å²) in [5, 5.41) is 8.15. The predicted molar refractivity (Wildman–Crippen MR) is 143 cm³/mol. The molecule has 1 aliphatic rings. The van der Waals surface area contributed by atoms with Crippen molar-refractivity contribution in [3.05, 3.63) is 66.7 Å². The van der Waals surface area contributed by atoms with Crippen molar-refractivity contribution in [2.45, 2.75) is 19.9 Å². The Bertz CT molecular complexity index is 1380. The molecular weight excluding hydrogens is 452 g/mol. The molecule has 3 aromatic heterocycles. The van der Waals surface area contributed by atoms with Crippen LogP contribution >= 0.6 is 0 Å². The second-order valence-electron chi connectivity index (χ2n) is 9.37. The summed E-state index contributed by atoms with van der Waals surface area (Å²) in [6, 6.07) is 11.8. The van der Waals surface area contributed by atoms with E-state index in [1.165, 1.54) is 0 Å². The second kappa shape index (κ2) is 10.2. The molecule has 184 valence electrons. The van der Waals surface area contributed by atoms with Crippen LogP contribution < -0.4 is 15.5 Å². The van der Waals surface area contributed by atoms with Crippen molar-refractivity contribution >= 4 is 34.1 Å². The third kappa shape index (κ3) is 5.41. The lowest BCUT2D eigenvalue weighted by Gasteiger charge is -2.33. The summed E-state index contributed by atoms with van der Waals surface area (Å²) in [4.78, 5) is 35.4. The van der Waals surface area contributed by atoms with Gasteiger partial charge in [-0.1, -0.05) is 12.1 Å². The van der Waals surface area contributed by atoms with Crippen LogP contribution in [0.5, 0.6) is 0 Å². The molecule has 0 unspecified atom stereocenters. The van der Waals surface area contributed by atoms with Gasteiger partial charge < -0.3 is 20.4 Å². The molecule has 1 fully saturated rings. The smallest absolute Gasteiger partial charge is 0.257 e. The van der Waals surface area contributed by atoms with Crippen molar-refractivity contribution in [3.8, 4) is 11.3 Å². The number of rotatable bonds is 6. The number of amides is 1. The molecule has 5 rings (SSSR count). The molecule has 1 aromatic carbocycles. The van der Waals surface area contributed by atoms with E-state index >= 15 is 0 Å². The van der Waals surface area contributed by atoms with Crippen molar-refractivity contribution in [3.63, 3.8) is 0 Å². The van der Waals surface area contributed by atoms with E-state index < -0.39 is 0 Å². The van der Waals surface area contributed by atoms with Crippen LogP contribution in [0.1, 0.15) is 24.2 Å². The van der Waals surface area contributed by atoms with E-state index in [0.29, 0.717) is 11.4 Å². The summed E-state index contributed by atoms with van der Waals surface area (Å²) in [5.74, 6) is 1.83. The first-order valence-electron chi connectivity index (χ1n) is 12.1. The maximum absolute atomic E-state index is 13.0. The number of likely N-dealkylation sites (N-methyl/N-ethyl adjacent to an activating group) is 1. The number of fused-ring (bicyclic) bond motifs is 1. The molecule has 4 heterocycles. The molecule has 9 nitrogen and oxygen atoms in total. The number of pyridine rings is 2. The first-order valence-corrected chi connectivity index (χ1v) is 12.1. The third-order valence-corrected chi connectivity index (χ3v) is 6.17. The second-order valence-corrected chi connectivity index (χ2v) is 9.37. The number of nitrogens with zero attached hydrogens (tertiary/aromatic N) is 6. The van der Waals surface area contributed by atoms with Gasteiger partial charge in [-0.05, 0) is 50.5 Å². The summed E-state index contributed by atoms with van der Waals surface area (Å²) in [6.07, 6.45) is 6.92. The number of piperazine rings is 1. The number of hydrogen-bond donors (Lipinski definition) is 2. The van der Waals surface area contributed by atoms with E-state index in [0.717, 1.165) is 59.8 Å². The molecule has 9 heteroatoms. The van der Waals surface area contributed by atoms with Crippen LogP contribution in [0, 0.1) is 0 Å². The number of carbonyl (C=O) groups is 1. The number of anilines is 3. The van der Waals surface area contributed by atoms with Crippen LogP contribution in [0.3, 0.4) is 0 Å². The van der Waals surface area contributed by atoms with E-state index in [1.54, 1.807) is 30.9 Å². The number of hydrogen-bond acceptors (Lipinski definition) is 8. The molecule has 1 amide bonds. The van der Waals surface area contributed by atoms with Gasteiger partial charge >= 0.3 is 0 Å². The fraction of sp³-hybridized carbons (Fsp3) is 0.296. The van der Waals surface area contributed by atoms with E-state index in [9.17, 15) is 4.79 Å². The van der Waals surface area contributed by atoms with Gasteiger partial charge in [-0.2, -0.15) is 0 Å². The summed E-state index contributed by atoms with van der Waals surface area (Å²) in [5.41, 5.74) is 2.27. The Labute approximate surface area is 210 Å². The highest BCUT2D eigenvalue weighted by molar-refractivity contribution is 6.05. The first kappa shape index (κ1) is 23.6. The zero-order valence-electron chi connectivity index (χ0n) is 20.8. The Balaban J connectivity index is 1.35. The monoisotopic (exact) mass is 482 g/mol. The van der Waals surface area contributed by atoms with Crippen LogP contribution in [-0.2, 0) is 0 Å². The molecule has 1 aliphatic heterocycles. The van der Waals surface area contributed by atoms with Crippen molar-refractivity contribution < 1.29 is 4.79 Å². The SMILES string of the molecule is CC(C)Nc1cncc(-c2ccc3cnc(NC(=O)c4ccnc(N5CCN(C)CC5)c4)cc3c2)n1. The molecule has 0 spiro atoms. The van der Waals surface area contributed by atoms with Gasteiger partial charge in [0.15, 0.2) is 0 Å². The molecule has 1 saturated heterocycles. The van der Waals surface area contributed by atoms with Crippen LogP contribution in [0.25, 0.3) is 22.0 Å². The third-order valence-electron chi connectivity index (χ3n) is 6.17. The zero-order chi connectivity index (χ0) is 25.1. The highest BCUT2D eigenvalue weighted by Crippen LogP contribution is 2.25. The molecule has 0 atom stereocenters. The normalized spacial score (nSPS) is 14.3. The molecule has 0 saturated carbocycles. The average Bonchev–Trinajstić information content (AvgIpc) is 2.88. The Morgan fingerprint density at radius 1 is 0.917 bits per heavy atom. The fourth-order valence-corrected chi connectivity index (χ4v) is 4.20.